The average Bonchev–Trinajstić information content (AvgIpc) is 3.04. The molecule has 218 valence electrons. The number of ether oxygens (including phenoxy) is 4. The predicted molar refractivity (Wildman–Crippen MR) is 168 cm³/mol. The number of benzene rings is 4. The maximum Gasteiger partial charge on any atom is 0.338 e. The molecular weight excluding hydrogens is 556 g/mol. The Kier molecular flexibility index (Phi) is 9.92. The molecule has 4 rings (SSSR count). The molecule has 4 aromatic carbocycles. The number of hydrogen-bond acceptors (Lipinski definition) is 7. The molecule has 44 heavy (non-hydrogen) atoms. The van der Waals surface area contributed by atoms with Crippen LogP contribution in [-0.4, -0.2) is 25.0 Å². The quantitative estimate of drug-likeness (QED) is 0.0898. The van der Waals surface area contributed by atoms with Crippen LogP contribution in [0.15, 0.2) is 122 Å². The summed E-state index contributed by atoms with van der Waals surface area (Å²) in [4.78, 5) is 35.4. The number of methoxy groups -OCH3 is 1. The number of rotatable bonds is 9. The van der Waals surface area contributed by atoms with Gasteiger partial charge in [0, 0.05) is 23.3 Å². The zero-order valence-electron chi connectivity index (χ0n) is 24.2. The van der Waals surface area contributed by atoms with E-state index >= 15 is 0 Å². The molecule has 0 spiro atoms. The summed E-state index contributed by atoms with van der Waals surface area (Å²) in [7, 11) is 1.50. The highest BCUT2D eigenvalue weighted by Crippen LogP contribution is 2.36. The Bertz CT molecular complexity index is 1800. The molecule has 0 saturated carbocycles. The molecule has 0 N–H and O–H groups in total. The highest BCUT2D eigenvalue weighted by Gasteiger charge is 2.17. The van der Waals surface area contributed by atoms with Gasteiger partial charge in [-0.25, -0.2) is 14.4 Å². The van der Waals surface area contributed by atoms with E-state index in [2.05, 4.69) is 31.6 Å². The molecule has 0 fully saturated rings. The Morgan fingerprint density at radius 2 is 1.09 bits per heavy atom. The van der Waals surface area contributed by atoms with Crippen LogP contribution in [0.4, 0.5) is 0 Å². The van der Waals surface area contributed by atoms with Crippen molar-refractivity contribution in [1.29, 1.82) is 0 Å². The van der Waals surface area contributed by atoms with Gasteiger partial charge in [0.1, 0.15) is 22.8 Å². The second-order valence-electron chi connectivity index (χ2n) is 9.35. The van der Waals surface area contributed by atoms with Gasteiger partial charge in [-0.05, 0) is 77.7 Å². The van der Waals surface area contributed by atoms with E-state index in [4.69, 9.17) is 18.9 Å². The van der Waals surface area contributed by atoms with Gasteiger partial charge in [0.05, 0.1) is 7.11 Å². The normalized spacial score (nSPS) is 9.95. The van der Waals surface area contributed by atoms with E-state index in [-0.39, 0.29) is 11.3 Å². The smallest absolute Gasteiger partial charge is 0.338 e. The highest BCUT2D eigenvalue weighted by molar-refractivity contribution is 5.90. The lowest BCUT2D eigenvalue weighted by Crippen LogP contribution is -2.10. The summed E-state index contributed by atoms with van der Waals surface area (Å²) in [5.74, 6) is 5.92. The summed E-state index contributed by atoms with van der Waals surface area (Å²) in [6, 6.07) is 25.0. The minimum Gasteiger partial charge on any atom is -0.495 e. The van der Waals surface area contributed by atoms with E-state index in [1.165, 1.54) is 7.11 Å². The molecule has 0 aliphatic heterocycles. The Morgan fingerprint density at radius 1 is 0.636 bits per heavy atom. The summed E-state index contributed by atoms with van der Waals surface area (Å²) in [5.41, 5.74) is 4.66. The van der Waals surface area contributed by atoms with Crippen molar-refractivity contribution in [2.24, 2.45) is 0 Å². The monoisotopic (exact) mass is 584 g/mol. The first-order chi connectivity index (χ1) is 21.2. The minimum absolute atomic E-state index is 0.205. The van der Waals surface area contributed by atoms with Crippen LogP contribution in [0.25, 0.3) is 22.3 Å². The molecule has 0 aliphatic carbocycles. The van der Waals surface area contributed by atoms with Gasteiger partial charge in [0.25, 0.3) is 0 Å². The maximum atomic E-state index is 12.5. The summed E-state index contributed by atoms with van der Waals surface area (Å²) in [5, 5.41) is 0. The Hall–Kier alpha value is -6.13. The van der Waals surface area contributed by atoms with Crippen molar-refractivity contribution in [3.8, 4) is 57.1 Å². The molecular formula is C37H28O7. The van der Waals surface area contributed by atoms with Gasteiger partial charge < -0.3 is 18.9 Å². The summed E-state index contributed by atoms with van der Waals surface area (Å²) in [6.07, 6.45) is 2.19. The lowest BCUT2D eigenvalue weighted by Gasteiger charge is -2.14. The lowest BCUT2D eigenvalue weighted by atomic mass is 10.0. The number of hydrogen-bond donors (Lipinski definition) is 0. The molecule has 7 nitrogen and oxygen atoms in total. The van der Waals surface area contributed by atoms with Crippen LogP contribution < -0.4 is 18.9 Å². The summed E-state index contributed by atoms with van der Waals surface area (Å²) < 4.78 is 21.6. The number of carbonyl (C=O) groups is 3. The first kappa shape index (κ1) is 30.8. The average molecular weight is 585 g/mol. The largest absolute Gasteiger partial charge is 0.495 e. The topological polar surface area (TPSA) is 88.1 Å². The SMILES string of the molecule is C=CC(=O)Oc1ccc(-c2ccc(C#Cc3c(OC)cc(-c4ccc(OC(=O)C=C)cc4)cc3OC(=O)C(=C)C)cc2)cc1. The lowest BCUT2D eigenvalue weighted by molar-refractivity contribution is -0.130. The molecule has 0 atom stereocenters. The van der Waals surface area contributed by atoms with Gasteiger partial charge in [-0.1, -0.05) is 68.0 Å². The Balaban J connectivity index is 1.64. The van der Waals surface area contributed by atoms with Crippen LogP contribution in [-0.2, 0) is 14.4 Å². The fourth-order valence-electron chi connectivity index (χ4n) is 3.94. The van der Waals surface area contributed by atoms with Crippen molar-refractivity contribution in [3.63, 3.8) is 0 Å². The van der Waals surface area contributed by atoms with Crippen molar-refractivity contribution < 1.29 is 33.3 Å². The maximum absolute atomic E-state index is 12.5. The van der Waals surface area contributed by atoms with Crippen molar-refractivity contribution in [1.82, 2.24) is 0 Å². The van der Waals surface area contributed by atoms with E-state index in [9.17, 15) is 14.4 Å². The molecule has 7 heteroatoms. The minimum atomic E-state index is -0.603. The molecule has 0 saturated heterocycles. The third-order valence-electron chi connectivity index (χ3n) is 6.20. The van der Waals surface area contributed by atoms with Crippen LogP contribution in [0.1, 0.15) is 18.1 Å². The molecule has 0 amide bonds. The third-order valence-corrected chi connectivity index (χ3v) is 6.20. The fraction of sp³-hybridized carbons (Fsp3) is 0.0541. The summed E-state index contributed by atoms with van der Waals surface area (Å²) >= 11 is 0. The van der Waals surface area contributed by atoms with Gasteiger partial charge >= 0.3 is 17.9 Å². The zero-order chi connectivity index (χ0) is 31.6. The predicted octanol–water partition coefficient (Wildman–Crippen LogP) is 7.09. The van der Waals surface area contributed by atoms with E-state index < -0.39 is 17.9 Å². The standard InChI is InChI=1S/C37H28O7/c1-6-35(38)42-30-17-13-27(14-18-30)26-11-8-25(9-12-26)10-21-32-33(41-5)22-29(23-34(32)44-37(40)24(3)4)28-15-19-31(20-16-28)43-36(39)7-2/h6-9,11-20,22-23H,1-3H2,4-5H3. The van der Waals surface area contributed by atoms with Crippen molar-refractivity contribution in [3.05, 3.63) is 134 Å². The molecule has 0 radical (unpaired) electrons. The second-order valence-corrected chi connectivity index (χ2v) is 9.35. The second kappa shape index (κ2) is 14.2. The third kappa shape index (κ3) is 7.78. The van der Waals surface area contributed by atoms with E-state index in [0.717, 1.165) is 34.4 Å². The number of carbonyl (C=O) groups excluding carboxylic acids is 3. The zero-order valence-corrected chi connectivity index (χ0v) is 24.2. The Labute approximate surface area is 255 Å². The van der Waals surface area contributed by atoms with E-state index in [0.29, 0.717) is 28.4 Å². The van der Waals surface area contributed by atoms with Crippen LogP contribution in [0.5, 0.6) is 23.0 Å². The molecule has 4 aromatic rings. The van der Waals surface area contributed by atoms with E-state index in [1.54, 1.807) is 55.5 Å². The van der Waals surface area contributed by atoms with Gasteiger partial charge in [-0.2, -0.15) is 0 Å². The molecule has 0 unspecified atom stereocenters. The molecule has 0 aromatic heterocycles. The first-order valence-electron chi connectivity index (χ1n) is 13.3. The van der Waals surface area contributed by atoms with Gasteiger partial charge in [-0.15, -0.1) is 0 Å². The fourth-order valence-corrected chi connectivity index (χ4v) is 3.94. The first-order valence-corrected chi connectivity index (χ1v) is 13.3. The number of esters is 3. The van der Waals surface area contributed by atoms with Gasteiger partial charge in [0.15, 0.2) is 5.75 Å². The molecule has 0 bridgehead atoms. The van der Waals surface area contributed by atoms with Crippen LogP contribution in [0.2, 0.25) is 0 Å². The molecule has 0 heterocycles. The summed E-state index contributed by atoms with van der Waals surface area (Å²) in [6.45, 7) is 12.0. The van der Waals surface area contributed by atoms with Gasteiger partial charge in [0.2, 0.25) is 0 Å². The van der Waals surface area contributed by atoms with Crippen LogP contribution in [0, 0.1) is 11.8 Å². The van der Waals surface area contributed by atoms with Crippen molar-refractivity contribution in [2.75, 3.05) is 7.11 Å². The van der Waals surface area contributed by atoms with E-state index in [1.807, 2.05) is 36.4 Å². The Morgan fingerprint density at radius 3 is 1.55 bits per heavy atom. The van der Waals surface area contributed by atoms with Gasteiger partial charge in [-0.3, -0.25) is 0 Å². The van der Waals surface area contributed by atoms with Crippen molar-refractivity contribution in [2.45, 2.75) is 6.92 Å². The van der Waals surface area contributed by atoms with Crippen LogP contribution >= 0.6 is 0 Å². The highest BCUT2D eigenvalue weighted by atomic mass is 16.5. The van der Waals surface area contributed by atoms with Crippen LogP contribution in [0.3, 0.4) is 0 Å². The van der Waals surface area contributed by atoms with Crippen molar-refractivity contribution >= 4 is 17.9 Å². The molecule has 0 aliphatic rings.